The highest BCUT2D eigenvalue weighted by Crippen LogP contribution is 2.19. The van der Waals surface area contributed by atoms with Crippen LogP contribution in [0.15, 0.2) is 24.3 Å². The molecule has 2 atom stereocenters. The van der Waals surface area contributed by atoms with E-state index in [4.69, 9.17) is 4.74 Å². The number of benzene rings is 1. The molecule has 0 saturated heterocycles. The number of ether oxygens (including phenoxy) is 1. The molecule has 0 aliphatic heterocycles. The number of nitrogens with one attached hydrogen (secondary N) is 1. The second-order valence-corrected chi connectivity index (χ2v) is 4.95. The van der Waals surface area contributed by atoms with E-state index in [0.717, 1.165) is 12.2 Å². The zero-order valence-corrected chi connectivity index (χ0v) is 11.7. The summed E-state index contributed by atoms with van der Waals surface area (Å²) in [6.45, 7) is 10.7. The summed E-state index contributed by atoms with van der Waals surface area (Å²) in [5, 5.41) is 3.49. The van der Waals surface area contributed by atoms with Crippen molar-refractivity contribution in [3.05, 3.63) is 29.8 Å². The first-order chi connectivity index (χ1) is 8.02. The summed E-state index contributed by atoms with van der Waals surface area (Å²) in [7, 11) is 0. The SMILES string of the molecule is CCC(C)Oc1ccc(C(C)NC(C)C)cc1. The fraction of sp³-hybridized carbons (Fsp3) is 0.600. The Labute approximate surface area is 105 Å². The molecule has 0 spiro atoms. The van der Waals surface area contributed by atoms with Gasteiger partial charge in [0.1, 0.15) is 5.75 Å². The minimum absolute atomic E-state index is 0.284. The van der Waals surface area contributed by atoms with Crippen LogP contribution in [0.3, 0.4) is 0 Å². The molecule has 0 heterocycles. The summed E-state index contributed by atoms with van der Waals surface area (Å²) < 4.78 is 5.76. The van der Waals surface area contributed by atoms with E-state index in [1.807, 2.05) is 0 Å². The second kappa shape index (κ2) is 6.65. The standard InChI is InChI=1S/C15H25NO/c1-6-12(4)17-15-9-7-14(8-10-15)13(5)16-11(2)3/h7-13,16H,6H2,1-5H3. The van der Waals surface area contributed by atoms with Crippen LogP contribution in [0.25, 0.3) is 0 Å². The molecule has 0 fully saturated rings. The van der Waals surface area contributed by atoms with E-state index >= 15 is 0 Å². The van der Waals surface area contributed by atoms with Crippen LogP contribution in [0.5, 0.6) is 5.75 Å². The normalized spacial score (nSPS) is 14.7. The molecule has 0 bridgehead atoms. The molecule has 1 aromatic carbocycles. The molecular weight excluding hydrogens is 210 g/mol. The molecule has 2 nitrogen and oxygen atoms in total. The predicted octanol–water partition coefficient (Wildman–Crippen LogP) is 3.92. The molecule has 0 amide bonds. The third-order valence-corrected chi connectivity index (χ3v) is 2.88. The number of hydrogen-bond donors (Lipinski definition) is 1. The molecule has 1 aromatic rings. The lowest BCUT2D eigenvalue weighted by atomic mass is 10.1. The van der Waals surface area contributed by atoms with E-state index < -0.39 is 0 Å². The first-order valence-electron chi connectivity index (χ1n) is 6.55. The van der Waals surface area contributed by atoms with E-state index in [1.165, 1.54) is 5.56 Å². The maximum Gasteiger partial charge on any atom is 0.119 e. The minimum Gasteiger partial charge on any atom is -0.491 e. The van der Waals surface area contributed by atoms with Crippen LogP contribution in [-0.2, 0) is 0 Å². The van der Waals surface area contributed by atoms with Crippen molar-refractivity contribution in [2.24, 2.45) is 0 Å². The van der Waals surface area contributed by atoms with Crippen LogP contribution in [0, 0.1) is 0 Å². The molecule has 0 aliphatic rings. The molecule has 1 rings (SSSR count). The van der Waals surface area contributed by atoms with E-state index in [-0.39, 0.29) is 6.10 Å². The first-order valence-corrected chi connectivity index (χ1v) is 6.55. The van der Waals surface area contributed by atoms with Gasteiger partial charge < -0.3 is 10.1 Å². The summed E-state index contributed by atoms with van der Waals surface area (Å²) >= 11 is 0. The van der Waals surface area contributed by atoms with Crippen molar-refractivity contribution in [2.45, 2.75) is 59.2 Å². The molecular formula is C15H25NO. The zero-order valence-electron chi connectivity index (χ0n) is 11.7. The van der Waals surface area contributed by atoms with Crippen LogP contribution in [-0.4, -0.2) is 12.1 Å². The number of rotatable bonds is 6. The quantitative estimate of drug-likeness (QED) is 0.807. The summed E-state index contributed by atoms with van der Waals surface area (Å²) in [5.74, 6) is 0.958. The average molecular weight is 235 g/mol. The topological polar surface area (TPSA) is 21.3 Å². The summed E-state index contributed by atoms with van der Waals surface area (Å²) in [4.78, 5) is 0. The highest BCUT2D eigenvalue weighted by molar-refractivity contribution is 5.29. The van der Waals surface area contributed by atoms with Gasteiger partial charge >= 0.3 is 0 Å². The van der Waals surface area contributed by atoms with Gasteiger partial charge in [-0.15, -0.1) is 0 Å². The summed E-state index contributed by atoms with van der Waals surface area (Å²) in [6.07, 6.45) is 1.32. The van der Waals surface area contributed by atoms with Crippen molar-refractivity contribution in [3.8, 4) is 5.75 Å². The fourth-order valence-corrected chi connectivity index (χ4v) is 1.75. The van der Waals surface area contributed by atoms with Crippen molar-refractivity contribution >= 4 is 0 Å². The fourth-order valence-electron chi connectivity index (χ4n) is 1.75. The average Bonchev–Trinajstić information content (AvgIpc) is 2.28. The molecule has 0 saturated carbocycles. The Hall–Kier alpha value is -1.02. The van der Waals surface area contributed by atoms with Gasteiger partial charge in [0.05, 0.1) is 6.10 Å². The molecule has 0 aliphatic carbocycles. The van der Waals surface area contributed by atoms with Gasteiger partial charge in [0.25, 0.3) is 0 Å². The Morgan fingerprint density at radius 3 is 2.12 bits per heavy atom. The molecule has 1 N–H and O–H groups in total. The van der Waals surface area contributed by atoms with Gasteiger partial charge in [0, 0.05) is 12.1 Å². The maximum absolute atomic E-state index is 5.76. The van der Waals surface area contributed by atoms with Crippen molar-refractivity contribution in [1.82, 2.24) is 5.32 Å². The number of hydrogen-bond acceptors (Lipinski definition) is 2. The van der Waals surface area contributed by atoms with Gasteiger partial charge in [-0.25, -0.2) is 0 Å². The van der Waals surface area contributed by atoms with E-state index in [0.29, 0.717) is 12.1 Å². The maximum atomic E-state index is 5.76. The molecule has 0 radical (unpaired) electrons. The Morgan fingerprint density at radius 1 is 1.06 bits per heavy atom. The lowest BCUT2D eigenvalue weighted by Gasteiger charge is -2.18. The lowest BCUT2D eigenvalue weighted by Crippen LogP contribution is -2.25. The Bertz CT molecular complexity index is 318. The highest BCUT2D eigenvalue weighted by Gasteiger charge is 2.07. The van der Waals surface area contributed by atoms with Gasteiger partial charge in [-0.2, -0.15) is 0 Å². The van der Waals surface area contributed by atoms with Crippen LogP contribution in [0.4, 0.5) is 0 Å². The molecule has 2 unspecified atom stereocenters. The Kier molecular flexibility index (Phi) is 5.49. The molecule has 17 heavy (non-hydrogen) atoms. The molecule has 96 valence electrons. The third kappa shape index (κ3) is 4.78. The third-order valence-electron chi connectivity index (χ3n) is 2.88. The van der Waals surface area contributed by atoms with E-state index in [1.54, 1.807) is 0 Å². The monoisotopic (exact) mass is 235 g/mol. The highest BCUT2D eigenvalue weighted by atomic mass is 16.5. The van der Waals surface area contributed by atoms with Gasteiger partial charge in [-0.05, 0) is 38.0 Å². The largest absolute Gasteiger partial charge is 0.491 e. The van der Waals surface area contributed by atoms with E-state index in [9.17, 15) is 0 Å². The van der Waals surface area contributed by atoms with Gasteiger partial charge in [-0.1, -0.05) is 32.9 Å². The molecule has 2 heteroatoms. The molecule has 0 aromatic heterocycles. The predicted molar refractivity (Wildman–Crippen MR) is 73.5 cm³/mol. The summed E-state index contributed by atoms with van der Waals surface area (Å²) in [5.41, 5.74) is 1.30. The van der Waals surface area contributed by atoms with Crippen LogP contribution in [0.2, 0.25) is 0 Å². The summed E-state index contributed by atoms with van der Waals surface area (Å²) in [6, 6.07) is 9.27. The van der Waals surface area contributed by atoms with Crippen LogP contribution in [0.1, 0.15) is 52.6 Å². The Morgan fingerprint density at radius 2 is 1.65 bits per heavy atom. The van der Waals surface area contributed by atoms with Gasteiger partial charge in [0.15, 0.2) is 0 Å². The smallest absolute Gasteiger partial charge is 0.119 e. The second-order valence-electron chi connectivity index (χ2n) is 4.95. The van der Waals surface area contributed by atoms with Crippen LogP contribution >= 0.6 is 0 Å². The van der Waals surface area contributed by atoms with Crippen LogP contribution < -0.4 is 10.1 Å². The minimum atomic E-state index is 0.284. The van der Waals surface area contributed by atoms with Crippen molar-refractivity contribution < 1.29 is 4.74 Å². The lowest BCUT2D eigenvalue weighted by molar-refractivity contribution is 0.217. The van der Waals surface area contributed by atoms with Crippen molar-refractivity contribution in [2.75, 3.05) is 0 Å². The van der Waals surface area contributed by atoms with E-state index in [2.05, 4.69) is 64.2 Å². The zero-order chi connectivity index (χ0) is 12.8. The van der Waals surface area contributed by atoms with Gasteiger partial charge in [0.2, 0.25) is 0 Å². The van der Waals surface area contributed by atoms with Crippen molar-refractivity contribution in [1.29, 1.82) is 0 Å². The van der Waals surface area contributed by atoms with Gasteiger partial charge in [-0.3, -0.25) is 0 Å². The first kappa shape index (κ1) is 14.0. The van der Waals surface area contributed by atoms with Crippen molar-refractivity contribution in [3.63, 3.8) is 0 Å². The Balaban J connectivity index is 2.61.